The van der Waals surface area contributed by atoms with E-state index < -0.39 is 6.67 Å². The van der Waals surface area contributed by atoms with E-state index in [0.29, 0.717) is 30.7 Å². The van der Waals surface area contributed by atoms with Gasteiger partial charge < -0.3 is 19.3 Å². The topological polar surface area (TPSA) is 67.8 Å². The lowest BCUT2D eigenvalue weighted by Crippen LogP contribution is -2.47. The summed E-state index contributed by atoms with van der Waals surface area (Å²) in [5.74, 6) is 1.55. The highest BCUT2D eigenvalue weighted by Crippen LogP contribution is 2.39. The van der Waals surface area contributed by atoms with Gasteiger partial charge in [-0.25, -0.2) is 4.39 Å². The van der Waals surface area contributed by atoms with Crippen LogP contribution in [0, 0.1) is 0 Å². The number of hydrogen-bond donors (Lipinski definition) is 0. The van der Waals surface area contributed by atoms with Crippen molar-refractivity contribution in [3.8, 4) is 11.8 Å². The van der Waals surface area contributed by atoms with E-state index >= 15 is 0 Å². The minimum Gasteiger partial charge on any atom is -0.481 e. The van der Waals surface area contributed by atoms with Crippen LogP contribution < -0.4 is 14.4 Å². The summed E-state index contributed by atoms with van der Waals surface area (Å²) in [5.41, 5.74) is -0.221. The molecule has 0 unspecified atom stereocenters. The summed E-state index contributed by atoms with van der Waals surface area (Å²) in [6, 6.07) is 1.64. The molecule has 0 aliphatic carbocycles. The second kappa shape index (κ2) is 7.41. The van der Waals surface area contributed by atoms with Gasteiger partial charge >= 0.3 is 0 Å². The molecular weight excluding hydrogens is 327 g/mol. The Morgan fingerprint density at radius 2 is 1.88 bits per heavy atom. The summed E-state index contributed by atoms with van der Waals surface area (Å²) in [6.45, 7) is 1.21. The lowest BCUT2D eigenvalue weighted by molar-refractivity contribution is -0.131. The molecule has 0 N–H and O–H groups in total. The number of rotatable bonds is 5. The number of nitrogens with zero attached hydrogens (tertiary/aromatic N) is 4. The molecule has 25 heavy (non-hydrogen) atoms. The van der Waals surface area contributed by atoms with Crippen molar-refractivity contribution in [1.29, 1.82) is 0 Å². The Morgan fingerprint density at radius 3 is 2.52 bits per heavy atom. The highest BCUT2D eigenvalue weighted by Gasteiger charge is 2.45. The number of carbonyl (C=O) groups excluding carboxylic acids is 1. The van der Waals surface area contributed by atoms with Gasteiger partial charge in [-0.15, -0.1) is 0 Å². The van der Waals surface area contributed by atoms with Crippen LogP contribution in [-0.2, 0) is 4.79 Å². The number of ether oxygens (including phenoxy) is 2. The number of alkyl halides is 1. The number of aromatic nitrogens is 2. The van der Waals surface area contributed by atoms with Crippen LogP contribution in [0.4, 0.5) is 10.3 Å². The molecule has 3 rings (SSSR count). The van der Waals surface area contributed by atoms with E-state index in [-0.39, 0.29) is 18.0 Å². The Hall–Kier alpha value is -2.12. The second-order valence-corrected chi connectivity index (χ2v) is 6.55. The van der Waals surface area contributed by atoms with Crippen LogP contribution in [0.25, 0.3) is 0 Å². The molecule has 1 atom stereocenters. The van der Waals surface area contributed by atoms with E-state index in [1.165, 1.54) is 0 Å². The van der Waals surface area contributed by atoms with Crippen molar-refractivity contribution in [3.63, 3.8) is 0 Å². The Kier molecular flexibility index (Phi) is 5.24. The van der Waals surface area contributed by atoms with Gasteiger partial charge in [0.15, 0.2) is 0 Å². The number of carbonyl (C=O) groups is 1. The largest absolute Gasteiger partial charge is 0.481 e. The summed E-state index contributed by atoms with van der Waals surface area (Å²) in [4.78, 5) is 24.9. The molecule has 0 radical (unpaired) electrons. The standard InChI is InChI=1S/C17H25FN4O3/c1-24-13-12-14(25-2)20-16(19-13)21-9-3-5-17(7-10-21)6-4-15(23)22(17)11-8-18/h12H,3-11H2,1-2H3/t17-/m1/s1. The minimum atomic E-state index is -0.493. The van der Waals surface area contributed by atoms with Gasteiger partial charge in [0, 0.05) is 31.6 Å². The van der Waals surface area contributed by atoms with Crippen molar-refractivity contribution in [3.05, 3.63) is 6.07 Å². The fourth-order valence-corrected chi connectivity index (χ4v) is 3.96. The normalized spacial score (nSPS) is 23.9. The molecule has 2 saturated heterocycles. The van der Waals surface area contributed by atoms with Gasteiger partial charge in [0.25, 0.3) is 0 Å². The maximum Gasteiger partial charge on any atom is 0.231 e. The van der Waals surface area contributed by atoms with Gasteiger partial charge in [-0.3, -0.25) is 4.79 Å². The zero-order valence-corrected chi connectivity index (χ0v) is 14.8. The highest BCUT2D eigenvalue weighted by atomic mass is 19.1. The summed E-state index contributed by atoms with van der Waals surface area (Å²) in [6.07, 6.45) is 3.91. The lowest BCUT2D eigenvalue weighted by atomic mass is 9.88. The first-order valence-electron chi connectivity index (χ1n) is 8.70. The molecular formula is C17H25FN4O3. The fraction of sp³-hybridized carbons (Fsp3) is 0.706. The molecule has 1 aromatic rings. The first kappa shape index (κ1) is 17.7. The molecule has 2 aliphatic heterocycles. The monoisotopic (exact) mass is 352 g/mol. The predicted octanol–water partition coefficient (Wildman–Crippen LogP) is 1.81. The van der Waals surface area contributed by atoms with Gasteiger partial charge in [0.2, 0.25) is 23.6 Å². The molecule has 1 amide bonds. The van der Waals surface area contributed by atoms with E-state index in [1.807, 2.05) is 0 Å². The zero-order valence-electron chi connectivity index (χ0n) is 14.8. The third kappa shape index (κ3) is 3.48. The highest BCUT2D eigenvalue weighted by molar-refractivity contribution is 5.79. The molecule has 0 aromatic carbocycles. The molecule has 0 bridgehead atoms. The average Bonchev–Trinajstić information content (AvgIpc) is 2.82. The van der Waals surface area contributed by atoms with Crippen LogP contribution in [0.15, 0.2) is 6.07 Å². The van der Waals surface area contributed by atoms with Crippen LogP contribution in [0.1, 0.15) is 32.1 Å². The number of halogens is 1. The maximum atomic E-state index is 12.9. The van der Waals surface area contributed by atoms with Gasteiger partial charge in [0.05, 0.1) is 20.3 Å². The predicted molar refractivity (Wildman–Crippen MR) is 90.9 cm³/mol. The van der Waals surface area contributed by atoms with Gasteiger partial charge in [0.1, 0.15) is 6.67 Å². The third-order valence-corrected chi connectivity index (χ3v) is 5.27. The number of amides is 1. The summed E-state index contributed by atoms with van der Waals surface area (Å²) >= 11 is 0. The van der Waals surface area contributed by atoms with Crippen molar-refractivity contribution in [2.75, 3.05) is 45.4 Å². The molecule has 138 valence electrons. The van der Waals surface area contributed by atoms with E-state index in [0.717, 1.165) is 32.2 Å². The van der Waals surface area contributed by atoms with Crippen molar-refractivity contribution < 1.29 is 18.7 Å². The number of hydrogen-bond acceptors (Lipinski definition) is 6. The number of likely N-dealkylation sites (tertiary alicyclic amines) is 1. The smallest absolute Gasteiger partial charge is 0.231 e. The van der Waals surface area contributed by atoms with E-state index in [9.17, 15) is 9.18 Å². The Morgan fingerprint density at radius 1 is 1.16 bits per heavy atom. The van der Waals surface area contributed by atoms with Crippen molar-refractivity contribution in [1.82, 2.24) is 14.9 Å². The maximum absolute atomic E-state index is 12.9. The van der Waals surface area contributed by atoms with Crippen molar-refractivity contribution in [2.24, 2.45) is 0 Å². The van der Waals surface area contributed by atoms with Crippen LogP contribution in [0.2, 0.25) is 0 Å². The fourth-order valence-electron chi connectivity index (χ4n) is 3.96. The summed E-state index contributed by atoms with van der Waals surface area (Å²) in [5, 5.41) is 0. The summed E-state index contributed by atoms with van der Waals surface area (Å²) < 4.78 is 23.4. The SMILES string of the molecule is COc1cc(OC)nc(N2CCC[C@@]3(CCC(=O)N3CCF)CC2)n1. The Bertz CT molecular complexity index is 608. The molecule has 1 spiro atoms. The molecule has 8 heteroatoms. The number of methoxy groups -OCH3 is 2. The van der Waals surface area contributed by atoms with Gasteiger partial charge in [-0.1, -0.05) is 0 Å². The Balaban J connectivity index is 1.79. The quantitative estimate of drug-likeness (QED) is 0.805. The van der Waals surface area contributed by atoms with Gasteiger partial charge in [-0.05, 0) is 25.7 Å². The molecule has 1 aromatic heterocycles. The Labute approximate surface area is 147 Å². The lowest BCUT2D eigenvalue weighted by Gasteiger charge is -2.37. The average molecular weight is 352 g/mol. The molecule has 3 heterocycles. The van der Waals surface area contributed by atoms with E-state index in [1.54, 1.807) is 25.2 Å². The first-order chi connectivity index (χ1) is 12.1. The molecule has 2 fully saturated rings. The molecule has 0 saturated carbocycles. The van der Waals surface area contributed by atoms with Crippen LogP contribution >= 0.6 is 0 Å². The van der Waals surface area contributed by atoms with Crippen molar-refractivity contribution in [2.45, 2.75) is 37.6 Å². The van der Waals surface area contributed by atoms with Crippen molar-refractivity contribution >= 4 is 11.9 Å². The van der Waals surface area contributed by atoms with Crippen LogP contribution in [-0.4, -0.2) is 66.8 Å². The van der Waals surface area contributed by atoms with Crippen LogP contribution in [0.5, 0.6) is 11.8 Å². The van der Waals surface area contributed by atoms with Gasteiger partial charge in [-0.2, -0.15) is 9.97 Å². The zero-order chi connectivity index (χ0) is 17.9. The first-order valence-corrected chi connectivity index (χ1v) is 8.70. The number of anilines is 1. The second-order valence-electron chi connectivity index (χ2n) is 6.55. The van der Waals surface area contributed by atoms with E-state index in [4.69, 9.17) is 9.47 Å². The summed E-state index contributed by atoms with van der Waals surface area (Å²) in [7, 11) is 3.11. The van der Waals surface area contributed by atoms with E-state index in [2.05, 4.69) is 14.9 Å². The molecule has 7 nitrogen and oxygen atoms in total. The van der Waals surface area contributed by atoms with Crippen LogP contribution in [0.3, 0.4) is 0 Å². The molecule has 2 aliphatic rings. The minimum absolute atomic E-state index is 0.0744. The third-order valence-electron chi connectivity index (χ3n) is 5.27.